The Kier molecular flexibility index (Phi) is 4.46. The number of nitrogens with zero attached hydrogens (tertiary/aromatic N) is 3. The van der Waals surface area contributed by atoms with Crippen LogP contribution in [0, 0.1) is 5.92 Å². The van der Waals surface area contributed by atoms with Crippen molar-refractivity contribution < 1.29 is 18.0 Å². The molecule has 4 rings (SSSR count). The van der Waals surface area contributed by atoms with Crippen LogP contribution in [0.25, 0.3) is 0 Å². The van der Waals surface area contributed by atoms with Crippen molar-refractivity contribution in [2.75, 3.05) is 19.6 Å². The lowest BCUT2D eigenvalue weighted by atomic mass is 10.0. The quantitative estimate of drug-likeness (QED) is 0.894. The van der Waals surface area contributed by atoms with Gasteiger partial charge in [-0.2, -0.15) is 13.2 Å². The van der Waals surface area contributed by atoms with Crippen molar-refractivity contribution in [3.05, 3.63) is 53.6 Å². The smallest absolute Gasteiger partial charge is 0.336 e. The monoisotopic (exact) mass is 378 g/mol. The van der Waals surface area contributed by atoms with E-state index in [1.165, 1.54) is 12.1 Å². The maximum absolute atomic E-state index is 13.1. The summed E-state index contributed by atoms with van der Waals surface area (Å²) >= 11 is 0. The number of rotatable bonds is 3. The van der Waals surface area contributed by atoms with Crippen molar-refractivity contribution in [1.82, 2.24) is 19.8 Å². The standard InChI is InChI=1S/C19H21F3N4O/c1-25-7-6-24-17(25)16-11-23-5-8-26(16)18(27)15-10-14(15)12-3-2-4-13(9-12)19(20,21)22/h2-4,6-7,9,14-16,23H,5,8,10-11H2,1H3. The second-order valence-electron chi connectivity index (χ2n) is 7.22. The fourth-order valence-corrected chi connectivity index (χ4v) is 3.89. The lowest BCUT2D eigenvalue weighted by molar-refractivity contribution is -0.137. The van der Waals surface area contributed by atoms with E-state index in [1.54, 1.807) is 12.3 Å². The molecule has 1 saturated heterocycles. The molecule has 2 aromatic rings. The molecular formula is C19H21F3N4O. The topological polar surface area (TPSA) is 50.2 Å². The summed E-state index contributed by atoms with van der Waals surface area (Å²) in [7, 11) is 1.89. The molecule has 3 atom stereocenters. The van der Waals surface area contributed by atoms with Gasteiger partial charge in [-0.05, 0) is 24.0 Å². The Labute approximate surface area is 155 Å². The van der Waals surface area contributed by atoms with E-state index >= 15 is 0 Å². The minimum atomic E-state index is -4.37. The largest absolute Gasteiger partial charge is 0.416 e. The molecule has 27 heavy (non-hydrogen) atoms. The number of nitrogens with one attached hydrogen (secondary N) is 1. The molecule has 1 aromatic heterocycles. The van der Waals surface area contributed by atoms with Gasteiger partial charge in [0, 0.05) is 45.0 Å². The van der Waals surface area contributed by atoms with Gasteiger partial charge in [-0.25, -0.2) is 4.98 Å². The van der Waals surface area contributed by atoms with Crippen LogP contribution in [0.2, 0.25) is 0 Å². The maximum atomic E-state index is 13.1. The van der Waals surface area contributed by atoms with E-state index in [0.717, 1.165) is 11.9 Å². The van der Waals surface area contributed by atoms with E-state index in [-0.39, 0.29) is 23.8 Å². The molecule has 2 aliphatic rings. The Morgan fingerprint density at radius 3 is 2.85 bits per heavy atom. The Morgan fingerprint density at radius 1 is 1.33 bits per heavy atom. The Balaban J connectivity index is 1.51. The molecule has 1 amide bonds. The summed E-state index contributed by atoms with van der Waals surface area (Å²) < 4.78 is 40.8. The summed E-state index contributed by atoms with van der Waals surface area (Å²) in [6.45, 7) is 1.90. The maximum Gasteiger partial charge on any atom is 0.416 e. The summed E-state index contributed by atoms with van der Waals surface area (Å²) in [6.07, 6.45) is -0.228. The summed E-state index contributed by atoms with van der Waals surface area (Å²) in [4.78, 5) is 19.3. The van der Waals surface area contributed by atoms with Crippen LogP contribution in [0.1, 0.15) is 35.3 Å². The molecule has 1 saturated carbocycles. The highest BCUT2D eigenvalue weighted by Crippen LogP contribution is 2.50. The van der Waals surface area contributed by atoms with Crippen molar-refractivity contribution in [2.24, 2.45) is 13.0 Å². The van der Waals surface area contributed by atoms with Gasteiger partial charge in [0.05, 0.1) is 5.56 Å². The highest BCUT2D eigenvalue weighted by atomic mass is 19.4. The van der Waals surface area contributed by atoms with Gasteiger partial charge in [-0.1, -0.05) is 18.2 Å². The number of amides is 1. The molecule has 0 spiro atoms. The van der Waals surface area contributed by atoms with Gasteiger partial charge in [0.25, 0.3) is 0 Å². The van der Waals surface area contributed by atoms with Crippen LogP contribution in [-0.2, 0) is 18.0 Å². The molecule has 0 radical (unpaired) electrons. The molecule has 1 N–H and O–H groups in total. The van der Waals surface area contributed by atoms with E-state index in [4.69, 9.17) is 0 Å². The lowest BCUT2D eigenvalue weighted by Crippen LogP contribution is -2.50. The van der Waals surface area contributed by atoms with Crippen molar-refractivity contribution in [2.45, 2.75) is 24.6 Å². The Hall–Kier alpha value is -2.35. The number of piperazine rings is 1. The van der Waals surface area contributed by atoms with E-state index < -0.39 is 11.7 Å². The van der Waals surface area contributed by atoms with Gasteiger partial charge in [-0.15, -0.1) is 0 Å². The van der Waals surface area contributed by atoms with E-state index in [0.29, 0.717) is 31.6 Å². The predicted molar refractivity (Wildman–Crippen MR) is 92.8 cm³/mol. The van der Waals surface area contributed by atoms with E-state index in [2.05, 4.69) is 10.3 Å². The predicted octanol–water partition coefficient (Wildman–Crippen LogP) is 2.72. The van der Waals surface area contributed by atoms with Gasteiger partial charge in [0.2, 0.25) is 5.91 Å². The first-order valence-electron chi connectivity index (χ1n) is 9.02. The number of carbonyl (C=O) groups is 1. The van der Waals surface area contributed by atoms with Gasteiger partial charge >= 0.3 is 6.18 Å². The SMILES string of the molecule is Cn1ccnc1C1CNCCN1C(=O)C1CC1c1cccc(C(F)(F)F)c1. The van der Waals surface area contributed by atoms with Crippen molar-refractivity contribution in [3.8, 4) is 0 Å². The second-order valence-corrected chi connectivity index (χ2v) is 7.22. The fraction of sp³-hybridized carbons (Fsp3) is 0.474. The van der Waals surface area contributed by atoms with Crippen LogP contribution in [0.3, 0.4) is 0 Å². The van der Waals surface area contributed by atoms with Gasteiger partial charge < -0.3 is 14.8 Å². The number of halogens is 3. The number of hydrogen-bond donors (Lipinski definition) is 1. The van der Waals surface area contributed by atoms with Crippen molar-refractivity contribution in [3.63, 3.8) is 0 Å². The first-order chi connectivity index (χ1) is 12.9. The molecule has 2 heterocycles. The van der Waals surface area contributed by atoms with Gasteiger partial charge in [0.15, 0.2) is 0 Å². The molecule has 144 valence electrons. The summed E-state index contributed by atoms with van der Waals surface area (Å²) in [6, 6.07) is 5.18. The van der Waals surface area contributed by atoms with Crippen LogP contribution >= 0.6 is 0 Å². The second kappa shape index (κ2) is 6.67. The highest BCUT2D eigenvalue weighted by Gasteiger charge is 2.48. The van der Waals surface area contributed by atoms with Crippen molar-refractivity contribution in [1.29, 1.82) is 0 Å². The van der Waals surface area contributed by atoms with Crippen LogP contribution in [0.5, 0.6) is 0 Å². The molecule has 1 aliphatic heterocycles. The van der Waals surface area contributed by atoms with E-state index in [1.807, 2.05) is 22.7 Å². The molecule has 5 nitrogen and oxygen atoms in total. The molecule has 8 heteroatoms. The number of aryl methyl sites for hydroxylation is 1. The van der Waals surface area contributed by atoms with Crippen LogP contribution in [-0.4, -0.2) is 40.0 Å². The van der Waals surface area contributed by atoms with Crippen LogP contribution in [0.4, 0.5) is 13.2 Å². The van der Waals surface area contributed by atoms with E-state index in [9.17, 15) is 18.0 Å². The minimum Gasteiger partial charge on any atom is -0.336 e. The number of aromatic nitrogens is 2. The zero-order valence-electron chi connectivity index (χ0n) is 14.9. The average Bonchev–Trinajstić information content (AvgIpc) is 3.34. The third-order valence-electron chi connectivity index (χ3n) is 5.43. The normalized spacial score (nSPS) is 25.5. The van der Waals surface area contributed by atoms with Gasteiger partial charge in [-0.3, -0.25) is 4.79 Å². The summed E-state index contributed by atoms with van der Waals surface area (Å²) in [5, 5.41) is 3.29. The molecule has 1 aliphatic carbocycles. The molecule has 2 fully saturated rings. The number of hydrogen-bond acceptors (Lipinski definition) is 3. The zero-order chi connectivity index (χ0) is 19.2. The number of benzene rings is 1. The van der Waals surface area contributed by atoms with Crippen molar-refractivity contribution >= 4 is 5.91 Å². The molecular weight excluding hydrogens is 357 g/mol. The first-order valence-corrected chi connectivity index (χ1v) is 9.02. The summed E-state index contributed by atoms with van der Waals surface area (Å²) in [5.74, 6) is 0.421. The Bertz CT molecular complexity index is 847. The molecule has 0 bridgehead atoms. The highest BCUT2D eigenvalue weighted by molar-refractivity contribution is 5.83. The third-order valence-corrected chi connectivity index (χ3v) is 5.43. The number of carbonyl (C=O) groups excluding carboxylic acids is 1. The Morgan fingerprint density at radius 2 is 2.15 bits per heavy atom. The fourth-order valence-electron chi connectivity index (χ4n) is 3.89. The number of imidazole rings is 1. The minimum absolute atomic E-state index is 0.00640. The third kappa shape index (κ3) is 3.45. The lowest BCUT2D eigenvalue weighted by Gasteiger charge is -2.36. The van der Waals surface area contributed by atoms with Crippen LogP contribution < -0.4 is 5.32 Å². The number of alkyl halides is 3. The zero-order valence-corrected chi connectivity index (χ0v) is 14.9. The molecule has 1 aromatic carbocycles. The first kappa shape index (κ1) is 18.0. The van der Waals surface area contributed by atoms with Crippen LogP contribution in [0.15, 0.2) is 36.7 Å². The van der Waals surface area contributed by atoms with Gasteiger partial charge in [0.1, 0.15) is 11.9 Å². The molecule has 3 unspecified atom stereocenters. The summed E-state index contributed by atoms with van der Waals surface area (Å²) in [5.41, 5.74) is -0.0713. The average molecular weight is 378 g/mol.